The van der Waals surface area contributed by atoms with Crippen LogP contribution in [0.25, 0.3) is 5.57 Å². The lowest BCUT2D eigenvalue weighted by Crippen LogP contribution is -2.17. The molecule has 0 saturated heterocycles. The molecule has 0 saturated carbocycles. The van der Waals surface area contributed by atoms with E-state index in [-0.39, 0.29) is 5.56 Å². The van der Waals surface area contributed by atoms with Gasteiger partial charge in [0.1, 0.15) is 5.75 Å². The highest BCUT2D eigenvalue weighted by molar-refractivity contribution is 6.28. The summed E-state index contributed by atoms with van der Waals surface area (Å²) in [6.07, 6.45) is -9.58. The van der Waals surface area contributed by atoms with E-state index in [1.807, 2.05) is 0 Å². The standard InChI is InChI=1S/C10H5ClF6O/c11-5-8(9(12,13)14)6-1-3-7(4-2-6)18-10(15,16)17/h1-5H. The molecule has 0 aromatic heterocycles. The molecule has 1 rings (SSSR count). The highest BCUT2D eigenvalue weighted by atomic mass is 35.5. The van der Waals surface area contributed by atoms with E-state index in [4.69, 9.17) is 11.6 Å². The molecule has 0 spiro atoms. The highest BCUT2D eigenvalue weighted by Crippen LogP contribution is 2.35. The largest absolute Gasteiger partial charge is 0.573 e. The second kappa shape index (κ2) is 5.09. The summed E-state index contributed by atoms with van der Waals surface area (Å²) in [5.41, 5.74) is -1.19. The van der Waals surface area contributed by atoms with Gasteiger partial charge in [0.05, 0.1) is 5.57 Å². The van der Waals surface area contributed by atoms with Gasteiger partial charge in [-0.05, 0) is 17.7 Å². The summed E-state index contributed by atoms with van der Waals surface area (Å²) >= 11 is 5.04. The Bertz CT molecular complexity index is 431. The summed E-state index contributed by atoms with van der Waals surface area (Å²) in [6.45, 7) is 0. The van der Waals surface area contributed by atoms with Crippen molar-refractivity contribution in [3.63, 3.8) is 0 Å². The molecule has 0 aliphatic rings. The van der Waals surface area contributed by atoms with Gasteiger partial charge in [0.15, 0.2) is 0 Å². The maximum Gasteiger partial charge on any atom is 0.573 e. The van der Waals surface area contributed by atoms with Gasteiger partial charge >= 0.3 is 12.5 Å². The van der Waals surface area contributed by atoms with Crippen molar-refractivity contribution in [2.24, 2.45) is 0 Å². The fourth-order valence-corrected chi connectivity index (χ4v) is 1.37. The van der Waals surface area contributed by atoms with Crippen molar-refractivity contribution >= 4 is 17.2 Å². The lowest BCUT2D eigenvalue weighted by atomic mass is 10.1. The number of benzene rings is 1. The Morgan fingerprint density at radius 2 is 1.50 bits per heavy atom. The maximum absolute atomic E-state index is 12.4. The Kier molecular flexibility index (Phi) is 4.16. The van der Waals surface area contributed by atoms with Crippen LogP contribution in [0.3, 0.4) is 0 Å². The van der Waals surface area contributed by atoms with Crippen LogP contribution in [-0.4, -0.2) is 12.5 Å². The first-order valence-corrected chi connectivity index (χ1v) is 4.81. The van der Waals surface area contributed by atoms with Crippen LogP contribution in [0.1, 0.15) is 5.56 Å². The van der Waals surface area contributed by atoms with Crippen LogP contribution in [0.4, 0.5) is 26.3 Å². The zero-order chi connectivity index (χ0) is 14.0. The fourth-order valence-electron chi connectivity index (χ4n) is 1.12. The number of rotatable bonds is 2. The van der Waals surface area contributed by atoms with Gasteiger partial charge in [-0.15, -0.1) is 13.2 Å². The van der Waals surface area contributed by atoms with Crippen LogP contribution in [0.2, 0.25) is 0 Å². The first-order valence-electron chi connectivity index (χ1n) is 4.37. The second-order valence-electron chi connectivity index (χ2n) is 3.09. The Balaban J connectivity index is 2.96. The Morgan fingerprint density at radius 1 is 1.00 bits per heavy atom. The molecule has 0 fully saturated rings. The molecule has 100 valence electrons. The number of hydrogen-bond acceptors (Lipinski definition) is 1. The zero-order valence-corrected chi connectivity index (χ0v) is 9.20. The molecule has 0 unspecified atom stereocenters. The molecule has 0 aliphatic heterocycles. The molecule has 1 aromatic rings. The van der Waals surface area contributed by atoms with Crippen LogP contribution >= 0.6 is 11.6 Å². The number of allylic oxidation sites excluding steroid dienone is 1. The van der Waals surface area contributed by atoms with Crippen molar-refractivity contribution in [2.75, 3.05) is 0 Å². The number of ether oxygens (including phenoxy) is 1. The van der Waals surface area contributed by atoms with Crippen molar-refractivity contribution in [1.82, 2.24) is 0 Å². The van der Waals surface area contributed by atoms with Gasteiger partial charge < -0.3 is 4.74 Å². The molecule has 1 nitrogen and oxygen atoms in total. The van der Waals surface area contributed by atoms with Gasteiger partial charge in [-0.25, -0.2) is 0 Å². The van der Waals surface area contributed by atoms with Crippen molar-refractivity contribution in [1.29, 1.82) is 0 Å². The molecule has 0 heterocycles. The van der Waals surface area contributed by atoms with Crippen LogP contribution in [0.15, 0.2) is 29.8 Å². The Hall–Kier alpha value is -1.37. The molecule has 0 amide bonds. The molecule has 18 heavy (non-hydrogen) atoms. The average molecular weight is 291 g/mol. The van der Waals surface area contributed by atoms with E-state index in [1.165, 1.54) is 0 Å². The van der Waals surface area contributed by atoms with Crippen LogP contribution in [0, 0.1) is 0 Å². The minimum atomic E-state index is -4.89. The highest BCUT2D eigenvalue weighted by Gasteiger charge is 2.35. The van der Waals surface area contributed by atoms with Crippen LogP contribution in [-0.2, 0) is 0 Å². The third kappa shape index (κ3) is 4.14. The quantitative estimate of drug-likeness (QED) is 0.716. The average Bonchev–Trinajstić information content (AvgIpc) is 2.17. The molecular weight excluding hydrogens is 286 g/mol. The van der Waals surface area contributed by atoms with Gasteiger partial charge in [0, 0.05) is 5.54 Å². The molecular formula is C10H5ClF6O. The Labute approximate surface area is 103 Å². The van der Waals surface area contributed by atoms with E-state index in [2.05, 4.69) is 4.74 Å². The number of alkyl halides is 6. The SMILES string of the molecule is FC(F)(F)Oc1ccc(C(=CCl)C(F)(F)F)cc1. The molecule has 0 atom stereocenters. The van der Waals surface area contributed by atoms with Gasteiger partial charge in [-0.2, -0.15) is 13.2 Å². The van der Waals surface area contributed by atoms with Crippen molar-refractivity contribution < 1.29 is 31.1 Å². The third-order valence-corrected chi connectivity index (χ3v) is 2.03. The van der Waals surface area contributed by atoms with Gasteiger partial charge in [-0.1, -0.05) is 23.7 Å². The summed E-state index contributed by atoms with van der Waals surface area (Å²) < 4.78 is 76.2. The van der Waals surface area contributed by atoms with Crippen LogP contribution in [0.5, 0.6) is 5.75 Å². The van der Waals surface area contributed by atoms with E-state index in [9.17, 15) is 26.3 Å². The maximum atomic E-state index is 12.4. The summed E-state index contributed by atoms with van der Waals surface area (Å²) in [4.78, 5) is 0. The predicted molar refractivity (Wildman–Crippen MR) is 53.0 cm³/mol. The fraction of sp³-hybridized carbons (Fsp3) is 0.200. The summed E-state index contributed by atoms with van der Waals surface area (Å²) in [6, 6.07) is 3.22. The van der Waals surface area contributed by atoms with E-state index >= 15 is 0 Å². The minimum absolute atomic E-state index is 0.319. The summed E-state index contributed by atoms with van der Waals surface area (Å²) in [7, 11) is 0. The van der Waals surface area contributed by atoms with E-state index in [1.54, 1.807) is 0 Å². The molecule has 0 radical (unpaired) electrons. The molecule has 8 heteroatoms. The van der Waals surface area contributed by atoms with Gasteiger partial charge in [-0.3, -0.25) is 0 Å². The lowest BCUT2D eigenvalue weighted by molar-refractivity contribution is -0.274. The minimum Gasteiger partial charge on any atom is -0.406 e. The smallest absolute Gasteiger partial charge is 0.406 e. The molecule has 0 bridgehead atoms. The van der Waals surface area contributed by atoms with Crippen LogP contribution < -0.4 is 4.74 Å². The van der Waals surface area contributed by atoms with E-state index in [0.717, 1.165) is 24.3 Å². The predicted octanol–water partition coefficient (Wildman–Crippen LogP) is 4.73. The molecule has 0 aliphatic carbocycles. The topological polar surface area (TPSA) is 9.23 Å². The van der Waals surface area contributed by atoms with Crippen molar-refractivity contribution in [2.45, 2.75) is 12.5 Å². The molecule has 1 aromatic carbocycles. The zero-order valence-electron chi connectivity index (χ0n) is 8.44. The Morgan fingerprint density at radius 3 is 1.83 bits per heavy atom. The normalized spacial score (nSPS) is 13.6. The third-order valence-electron chi connectivity index (χ3n) is 1.81. The summed E-state index contributed by atoms with van der Waals surface area (Å²) in [5, 5.41) is 0. The number of halogens is 7. The first kappa shape index (κ1) is 14.7. The van der Waals surface area contributed by atoms with Gasteiger partial charge in [0.2, 0.25) is 0 Å². The lowest BCUT2D eigenvalue weighted by Gasteiger charge is -2.12. The first-order chi connectivity index (χ1) is 8.13. The second-order valence-corrected chi connectivity index (χ2v) is 3.31. The molecule has 0 N–H and O–H groups in total. The monoisotopic (exact) mass is 290 g/mol. The van der Waals surface area contributed by atoms with E-state index in [0.29, 0.717) is 5.54 Å². The number of hydrogen-bond donors (Lipinski definition) is 0. The van der Waals surface area contributed by atoms with E-state index < -0.39 is 23.9 Å². The summed E-state index contributed by atoms with van der Waals surface area (Å²) in [5.74, 6) is -0.609. The van der Waals surface area contributed by atoms with Crippen molar-refractivity contribution in [3.8, 4) is 5.75 Å². The van der Waals surface area contributed by atoms with Crippen molar-refractivity contribution in [3.05, 3.63) is 35.4 Å². The van der Waals surface area contributed by atoms with Gasteiger partial charge in [0.25, 0.3) is 0 Å².